The third-order valence-electron chi connectivity index (χ3n) is 3.56. The molecular formula is C13H20N4O. The first kappa shape index (κ1) is 13.0. The number of primary amides is 1. The molecule has 4 N–H and O–H groups in total. The van der Waals surface area contributed by atoms with E-state index in [4.69, 9.17) is 11.5 Å². The van der Waals surface area contributed by atoms with Gasteiger partial charge in [-0.2, -0.15) is 0 Å². The van der Waals surface area contributed by atoms with Gasteiger partial charge in [0.05, 0.1) is 5.69 Å². The predicted molar refractivity (Wildman–Crippen MR) is 69.3 cm³/mol. The fourth-order valence-electron chi connectivity index (χ4n) is 2.42. The van der Waals surface area contributed by atoms with Crippen LogP contribution in [0.15, 0.2) is 18.3 Å². The Labute approximate surface area is 107 Å². The van der Waals surface area contributed by atoms with E-state index in [2.05, 4.69) is 16.0 Å². The summed E-state index contributed by atoms with van der Waals surface area (Å²) in [6.45, 7) is 3.14. The average molecular weight is 248 g/mol. The highest BCUT2D eigenvalue weighted by Crippen LogP contribution is 2.19. The summed E-state index contributed by atoms with van der Waals surface area (Å²) in [5.74, 6) is -0.122. The van der Waals surface area contributed by atoms with Gasteiger partial charge in [0.1, 0.15) is 0 Å². The Morgan fingerprint density at radius 1 is 1.44 bits per heavy atom. The van der Waals surface area contributed by atoms with E-state index >= 15 is 0 Å². The molecule has 0 bridgehead atoms. The molecule has 1 aromatic heterocycles. The van der Waals surface area contributed by atoms with E-state index in [9.17, 15) is 4.79 Å². The van der Waals surface area contributed by atoms with E-state index in [-0.39, 0.29) is 11.8 Å². The van der Waals surface area contributed by atoms with Crippen LogP contribution < -0.4 is 11.5 Å². The molecule has 0 atom stereocenters. The number of amides is 1. The van der Waals surface area contributed by atoms with Gasteiger partial charge in [-0.25, -0.2) is 0 Å². The van der Waals surface area contributed by atoms with E-state index in [1.165, 1.54) is 5.56 Å². The van der Waals surface area contributed by atoms with Crippen molar-refractivity contribution < 1.29 is 4.79 Å². The standard InChI is InChI=1S/C13H20N4O/c14-8-12-11(2-1-5-16-12)9-17-6-3-10(4-7-17)13(15)18/h1-2,5,10H,3-4,6-9,14H2,(H2,15,18). The van der Waals surface area contributed by atoms with E-state index in [1.54, 1.807) is 6.20 Å². The van der Waals surface area contributed by atoms with Crippen LogP contribution in [-0.4, -0.2) is 28.9 Å². The summed E-state index contributed by atoms with van der Waals surface area (Å²) in [7, 11) is 0. The Bertz CT molecular complexity index is 413. The molecule has 1 aliphatic heterocycles. The van der Waals surface area contributed by atoms with Crippen molar-refractivity contribution in [3.8, 4) is 0 Å². The maximum atomic E-state index is 11.1. The molecule has 2 heterocycles. The lowest BCUT2D eigenvalue weighted by atomic mass is 9.96. The predicted octanol–water partition coefficient (Wildman–Crippen LogP) is 0.238. The lowest BCUT2D eigenvalue weighted by molar-refractivity contribution is -0.123. The van der Waals surface area contributed by atoms with Gasteiger partial charge in [0, 0.05) is 25.2 Å². The zero-order valence-corrected chi connectivity index (χ0v) is 10.5. The number of likely N-dealkylation sites (tertiary alicyclic amines) is 1. The number of aromatic nitrogens is 1. The first-order valence-electron chi connectivity index (χ1n) is 6.35. The molecule has 5 heteroatoms. The second kappa shape index (κ2) is 5.93. The van der Waals surface area contributed by atoms with Crippen molar-refractivity contribution in [3.63, 3.8) is 0 Å². The molecule has 0 spiro atoms. The summed E-state index contributed by atoms with van der Waals surface area (Å²) in [6.07, 6.45) is 3.48. The van der Waals surface area contributed by atoms with Gasteiger partial charge in [-0.05, 0) is 37.6 Å². The molecule has 1 aromatic rings. The van der Waals surface area contributed by atoms with E-state index in [0.29, 0.717) is 6.54 Å². The second-order valence-electron chi connectivity index (χ2n) is 4.77. The quantitative estimate of drug-likeness (QED) is 0.799. The van der Waals surface area contributed by atoms with Crippen LogP contribution in [0.3, 0.4) is 0 Å². The van der Waals surface area contributed by atoms with Crippen LogP contribution >= 0.6 is 0 Å². The first-order valence-corrected chi connectivity index (χ1v) is 6.35. The van der Waals surface area contributed by atoms with Crippen LogP contribution in [0.5, 0.6) is 0 Å². The average Bonchev–Trinajstić information content (AvgIpc) is 2.40. The fraction of sp³-hybridized carbons (Fsp3) is 0.538. The van der Waals surface area contributed by atoms with E-state index < -0.39 is 0 Å². The van der Waals surface area contributed by atoms with Gasteiger partial charge in [0.25, 0.3) is 0 Å². The van der Waals surface area contributed by atoms with Crippen molar-refractivity contribution >= 4 is 5.91 Å². The first-order chi connectivity index (χ1) is 8.70. The molecule has 0 radical (unpaired) electrons. The Kier molecular flexibility index (Phi) is 4.28. The molecule has 0 aromatic carbocycles. The minimum atomic E-state index is -0.168. The number of hydrogen-bond acceptors (Lipinski definition) is 4. The Morgan fingerprint density at radius 3 is 2.78 bits per heavy atom. The van der Waals surface area contributed by atoms with Gasteiger partial charge >= 0.3 is 0 Å². The number of hydrogen-bond donors (Lipinski definition) is 2. The summed E-state index contributed by atoms with van der Waals surface area (Å²) >= 11 is 0. The van der Waals surface area contributed by atoms with Gasteiger partial charge < -0.3 is 11.5 Å². The molecule has 0 unspecified atom stereocenters. The highest BCUT2D eigenvalue weighted by atomic mass is 16.1. The van der Waals surface area contributed by atoms with Crippen molar-refractivity contribution in [2.24, 2.45) is 17.4 Å². The summed E-state index contributed by atoms with van der Waals surface area (Å²) in [6, 6.07) is 4.00. The fourth-order valence-corrected chi connectivity index (χ4v) is 2.42. The number of nitrogens with two attached hydrogens (primary N) is 2. The van der Waals surface area contributed by atoms with Crippen molar-refractivity contribution in [1.29, 1.82) is 0 Å². The highest BCUT2D eigenvalue weighted by Gasteiger charge is 2.23. The molecule has 0 saturated carbocycles. The summed E-state index contributed by atoms with van der Waals surface area (Å²) in [5, 5.41) is 0. The normalized spacial score (nSPS) is 17.8. The molecule has 1 fully saturated rings. The molecule has 98 valence electrons. The summed E-state index contributed by atoms with van der Waals surface area (Å²) in [4.78, 5) is 17.7. The van der Waals surface area contributed by atoms with Gasteiger partial charge in [0.15, 0.2) is 0 Å². The smallest absolute Gasteiger partial charge is 0.220 e. The maximum absolute atomic E-state index is 11.1. The molecule has 1 aliphatic rings. The molecule has 5 nitrogen and oxygen atoms in total. The molecule has 0 aliphatic carbocycles. The molecule has 1 saturated heterocycles. The third kappa shape index (κ3) is 3.05. The van der Waals surface area contributed by atoms with Crippen molar-refractivity contribution in [2.45, 2.75) is 25.9 Å². The Morgan fingerprint density at radius 2 is 2.17 bits per heavy atom. The molecular weight excluding hydrogens is 228 g/mol. The number of rotatable bonds is 4. The van der Waals surface area contributed by atoms with Crippen molar-refractivity contribution in [2.75, 3.05) is 13.1 Å². The zero-order valence-electron chi connectivity index (χ0n) is 10.5. The van der Waals surface area contributed by atoms with Crippen molar-refractivity contribution in [3.05, 3.63) is 29.6 Å². The summed E-state index contributed by atoms with van der Waals surface area (Å²) < 4.78 is 0. The van der Waals surface area contributed by atoms with Gasteiger partial charge in [-0.3, -0.25) is 14.7 Å². The second-order valence-corrected chi connectivity index (χ2v) is 4.77. The minimum absolute atomic E-state index is 0.0455. The summed E-state index contributed by atoms with van der Waals surface area (Å²) in [5.41, 5.74) is 13.1. The van der Waals surface area contributed by atoms with E-state index in [0.717, 1.165) is 38.2 Å². The zero-order chi connectivity index (χ0) is 13.0. The van der Waals surface area contributed by atoms with Crippen LogP contribution in [0.2, 0.25) is 0 Å². The Hall–Kier alpha value is -1.46. The van der Waals surface area contributed by atoms with Crippen molar-refractivity contribution in [1.82, 2.24) is 9.88 Å². The molecule has 1 amide bonds. The number of nitrogens with zero attached hydrogens (tertiary/aromatic N) is 2. The van der Waals surface area contributed by atoms with Crippen LogP contribution in [0.25, 0.3) is 0 Å². The van der Waals surface area contributed by atoms with Crippen LogP contribution in [0.1, 0.15) is 24.1 Å². The monoisotopic (exact) mass is 248 g/mol. The van der Waals surface area contributed by atoms with Crippen LogP contribution in [0.4, 0.5) is 0 Å². The molecule has 18 heavy (non-hydrogen) atoms. The van der Waals surface area contributed by atoms with Gasteiger partial charge in [-0.15, -0.1) is 0 Å². The number of piperidine rings is 1. The lowest BCUT2D eigenvalue weighted by Gasteiger charge is -2.30. The van der Waals surface area contributed by atoms with Gasteiger partial charge in [-0.1, -0.05) is 6.07 Å². The Balaban J connectivity index is 1.93. The highest BCUT2D eigenvalue weighted by molar-refractivity contribution is 5.76. The van der Waals surface area contributed by atoms with Crippen LogP contribution in [0, 0.1) is 5.92 Å². The number of carbonyl (C=O) groups is 1. The van der Waals surface area contributed by atoms with E-state index in [1.807, 2.05) is 6.07 Å². The topological polar surface area (TPSA) is 85.2 Å². The third-order valence-corrected chi connectivity index (χ3v) is 3.56. The number of pyridine rings is 1. The van der Waals surface area contributed by atoms with Gasteiger partial charge in [0.2, 0.25) is 5.91 Å². The SMILES string of the molecule is NCc1ncccc1CN1CCC(C(N)=O)CC1. The number of carbonyl (C=O) groups excluding carboxylic acids is 1. The maximum Gasteiger partial charge on any atom is 0.220 e. The largest absolute Gasteiger partial charge is 0.369 e. The van der Waals surface area contributed by atoms with Crippen LogP contribution in [-0.2, 0) is 17.9 Å². The lowest BCUT2D eigenvalue weighted by Crippen LogP contribution is -2.38. The minimum Gasteiger partial charge on any atom is -0.369 e. The molecule has 2 rings (SSSR count).